The number of nitrogens with one attached hydrogen (secondary N) is 1. The van der Waals surface area contributed by atoms with Crippen LogP contribution in [0.3, 0.4) is 0 Å². The van der Waals surface area contributed by atoms with Crippen LogP contribution in [0, 0.1) is 5.41 Å². The highest BCUT2D eigenvalue weighted by atomic mass is 16.7. The summed E-state index contributed by atoms with van der Waals surface area (Å²) in [6.07, 6.45) is 3.69. The van der Waals surface area contributed by atoms with E-state index in [2.05, 4.69) is 5.32 Å². The largest absolute Gasteiger partial charge is 0.355 e. The fourth-order valence-electron chi connectivity index (χ4n) is 3.20. The van der Waals surface area contributed by atoms with Gasteiger partial charge in [-0.05, 0) is 19.3 Å². The summed E-state index contributed by atoms with van der Waals surface area (Å²) in [5.74, 6) is -0.440. The average Bonchev–Trinajstić information content (AvgIpc) is 2.84. The van der Waals surface area contributed by atoms with Gasteiger partial charge in [-0.15, -0.1) is 0 Å². The highest BCUT2D eigenvalue weighted by molar-refractivity contribution is 5.86. The van der Waals surface area contributed by atoms with Gasteiger partial charge in [-0.1, -0.05) is 0 Å². The summed E-state index contributed by atoms with van der Waals surface area (Å²) in [6.45, 7) is 2.04. The second kappa shape index (κ2) is 2.70. The van der Waals surface area contributed by atoms with Crippen LogP contribution in [-0.2, 0) is 14.3 Å². The molecule has 4 heteroatoms. The van der Waals surface area contributed by atoms with Crippen molar-refractivity contribution in [1.29, 1.82) is 0 Å². The normalized spacial score (nSPS) is 39.9. The summed E-state index contributed by atoms with van der Waals surface area (Å²) < 4.78 is 11.5. The van der Waals surface area contributed by atoms with Gasteiger partial charge in [0.05, 0.1) is 13.2 Å². The topological polar surface area (TPSA) is 47.6 Å². The lowest BCUT2D eigenvalue weighted by Crippen LogP contribution is -2.49. The summed E-state index contributed by atoms with van der Waals surface area (Å²) in [6, 6.07) is 0. The van der Waals surface area contributed by atoms with Gasteiger partial charge in [0.2, 0.25) is 5.91 Å². The molecule has 2 saturated heterocycles. The van der Waals surface area contributed by atoms with E-state index in [1.165, 1.54) is 0 Å². The van der Waals surface area contributed by atoms with Crippen molar-refractivity contribution in [3.63, 3.8) is 0 Å². The third-order valence-corrected chi connectivity index (χ3v) is 3.86. The van der Waals surface area contributed by atoms with Crippen molar-refractivity contribution in [3.8, 4) is 0 Å². The van der Waals surface area contributed by atoms with E-state index < -0.39 is 5.79 Å². The molecule has 1 N–H and O–H groups in total. The predicted molar refractivity (Wildman–Crippen MR) is 48.5 cm³/mol. The molecule has 0 bridgehead atoms. The summed E-state index contributed by atoms with van der Waals surface area (Å²) in [5, 5.41) is 2.90. The van der Waals surface area contributed by atoms with Crippen molar-refractivity contribution in [2.45, 2.75) is 31.5 Å². The Morgan fingerprint density at radius 2 is 1.93 bits per heavy atom. The Kier molecular flexibility index (Phi) is 1.67. The highest BCUT2D eigenvalue weighted by Gasteiger charge is 2.64. The summed E-state index contributed by atoms with van der Waals surface area (Å²) in [7, 11) is 0. The molecule has 2 spiro atoms. The third kappa shape index (κ3) is 0.834. The zero-order chi connectivity index (χ0) is 9.65. The third-order valence-electron chi connectivity index (χ3n) is 3.86. The van der Waals surface area contributed by atoms with E-state index in [0.717, 1.165) is 32.2 Å². The van der Waals surface area contributed by atoms with Crippen molar-refractivity contribution in [1.82, 2.24) is 5.32 Å². The lowest BCUT2D eigenvalue weighted by Gasteiger charge is -2.36. The van der Waals surface area contributed by atoms with Crippen molar-refractivity contribution in [2.75, 3.05) is 19.8 Å². The molecule has 1 aliphatic carbocycles. The Hall–Kier alpha value is -0.610. The van der Waals surface area contributed by atoms with Crippen molar-refractivity contribution >= 4 is 5.91 Å². The van der Waals surface area contributed by atoms with Gasteiger partial charge < -0.3 is 14.8 Å². The maximum absolute atomic E-state index is 11.9. The number of fused-ring (bicyclic) bond motifs is 1. The quantitative estimate of drug-likeness (QED) is 0.612. The maximum Gasteiger partial charge on any atom is 0.231 e. The maximum atomic E-state index is 11.9. The van der Waals surface area contributed by atoms with Gasteiger partial charge in [-0.25, -0.2) is 0 Å². The van der Waals surface area contributed by atoms with Crippen molar-refractivity contribution in [2.24, 2.45) is 5.41 Å². The molecule has 2 aliphatic heterocycles. The molecule has 1 unspecified atom stereocenters. The summed E-state index contributed by atoms with van der Waals surface area (Å²) >= 11 is 0. The van der Waals surface area contributed by atoms with E-state index in [0.29, 0.717) is 13.2 Å². The Labute approximate surface area is 82.9 Å². The molecule has 2 heterocycles. The molecule has 0 radical (unpaired) electrons. The fourth-order valence-corrected chi connectivity index (χ4v) is 3.20. The molecule has 14 heavy (non-hydrogen) atoms. The minimum absolute atomic E-state index is 0.136. The number of ether oxygens (including phenoxy) is 2. The summed E-state index contributed by atoms with van der Waals surface area (Å²) in [4.78, 5) is 11.9. The Balaban J connectivity index is 2.00. The lowest BCUT2D eigenvalue weighted by molar-refractivity contribution is -0.216. The zero-order valence-corrected chi connectivity index (χ0v) is 8.17. The molecule has 1 atom stereocenters. The van der Waals surface area contributed by atoms with Gasteiger partial charge in [0.25, 0.3) is 0 Å². The van der Waals surface area contributed by atoms with Gasteiger partial charge in [0, 0.05) is 13.0 Å². The molecule has 0 aromatic heterocycles. The molecule has 0 aromatic carbocycles. The second-order valence-corrected chi connectivity index (χ2v) is 4.39. The smallest absolute Gasteiger partial charge is 0.231 e. The van der Waals surface area contributed by atoms with Gasteiger partial charge >= 0.3 is 0 Å². The first-order chi connectivity index (χ1) is 6.79. The zero-order valence-electron chi connectivity index (χ0n) is 8.17. The molecule has 4 nitrogen and oxygen atoms in total. The molecule has 3 aliphatic rings. The number of carbonyl (C=O) groups excluding carboxylic acids is 1. The fraction of sp³-hybridized carbons (Fsp3) is 0.900. The summed E-state index contributed by atoms with van der Waals surface area (Å²) in [5.41, 5.74) is -0.372. The first-order valence-corrected chi connectivity index (χ1v) is 5.35. The van der Waals surface area contributed by atoms with Crippen LogP contribution in [-0.4, -0.2) is 31.5 Å². The molecule has 1 amide bonds. The van der Waals surface area contributed by atoms with Crippen molar-refractivity contribution in [3.05, 3.63) is 0 Å². The second-order valence-electron chi connectivity index (χ2n) is 4.39. The van der Waals surface area contributed by atoms with Crippen LogP contribution >= 0.6 is 0 Å². The number of carbonyl (C=O) groups is 1. The Morgan fingerprint density at radius 1 is 1.14 bits per heavy atom. The predicted octanol–water partition coefficient (Wildman–Crippen LogP) is 0.420. The molecule has 0 aromatic rings. The van der Waals surface area contributed by atoms with E-state index >= 15 is 0 Å². The van der Waals surface area contributed by atoms with E-state index in [9.17, 15) is 4.79 Å². The first kappa shape index (κ1) is 8.68. The molecular weight excluding hydrogens is 182 g/mol. The number of amides is 1. The van der Waals surface area contributed by atoms with Crippen molar-refractivity contribution < 1.29 is 14.3 Å². The van der Waals surface area contributed by atoms with Gasteiger partial charge in [0.15, 0.2) is 5.79 Å². The van der Waals surface area contributed by atoms with E-state index in [-0.39, 0.29) is 11.3 Å². The minimum atomic E-state index is -0.576. The van der Waals surface area contributed by atoms with Crippen LogP contribution < -0.4 is 5.32 Å². The van der Waals surface area contributed by atoms with Crippen LogP contribution in [0.2, 0.25) is 0 Å². The minimum Gasteiger partial charge on any atom is -0.355 e. The van der Waals surface area contributed by atoms with E-state index in [1.54, 1.807) is 0 Å². The molecule has 78 valence electrons. The average molecular weight is 197 g/mol. The standard InChI is InChI=1S/C10H15NO3/c12-8-9(4-5-11-8)2-1-3-10(9)13-6-7-14-10/h1-7H2,(H,11,12). The van der Waals surface area contributed by atoms with Gasteiger partial charge in [0.1, 0.15) is 5.41 Å². The van der Waals surface area contributed by atoms with Crippen LogP contribution in [0.4, 0.5) is 0 Å². The monoisotopic (exact) mass is 197 g/mol. The lowest BCUT2D eigenvalue weighted by atomic mass is 9.80. The number of hydrogen-bond acceptors (Lipinski definition) is 3. The van der Waals surface area contributed by atoms with Crippen LogP contribution in [0.25, 0.3) is 0 Å². The van der Waals surface area contributed by atoms with Crippen LogP contribution in [0.1, 0.15) is 25.7 Å². The van der Waals surface area contributed by atoms with Gasteiger partial charge in [-0.2, -0.15) is 0 Å². The molecule has 3 fully saturated rings. The first-order valence-electron chi connectivity index (χ1n) is 5.35. The number of hydrogen-bond donors (Lipinski definition) is 1. The Bertz CT molecular complexity index is 263. The Morgan fingerprint density at radius 3 is 2.57 bits per heavy atom. The van der Waals surface area contributed by atoms with E-state index in [4.69, 9.17) is 9.47 Å². The molecule has 3 rings (SSSR count). The molecule has 1 saturated carbocycles. The van der Waals surface area contributed by atoms with Crippen LogP contribution in [0.15, 0.2) is 0 Å². The van der Waals surface area contributed by atoms with E-state index in [1.807, 2.05) is 0 Å². The van der Waals surface area contributed by atoms with Gasteiger partial charge in [-0.3, -0.25) is 4.79 Å². The van der Waals surface area contributed by atoms with Crippen LogP contribution in [0.5, 0.6) is 0 Å². The molecular formula is C10H15NO3. The SMILES string of the molecule is O=C1NCCC12CCCC21OCCO1. The number of rotatable bonds is 0. The highest BCUT2D eigenvalue weighted by Crippen LogP contribution is 2.55.